The average molecular weight is 145 g/mol. The fourth-order valence-corrected chi connectivity index (χ4v) is 1.04. The molecule has 0 radical (unpaired) electrons. The average Bonchev–Trinajstić information content (AvgIpc) is 1.86. The minimum Gasteiger partial charge on any atom is -0.381 e. The van der Waals surface area contributed by atoms with E-state index < -0.39 is 0 Å². The maximum absolute atomic E-state index is 5.40. The van der Waals surface area contributed by atoms with E-state index in [9.17, 15) is 0 Å². The maximum Gasteiger partial charge on any atom is 0.0585 e. The van der Waals surface area contributed by atoms with Crippen LogP contribution in [-0.4, -0.2) is 19.8 Å². The molecule has 2 N–H and O–H groups in total. The van der Waals surface area contributed by atoms with Crippen molar-refractivity contribution in [1.82, 2.24) is 0 Å². The lowest BCUT2D eigenvalue weighted by molar-refractivity contribution is 0.0794. The lowest BCUT2D eigenvalue weighted by Crippen LogP contribution is -2.18. The van der Waals surface area contributed by atoms with Gasteiger partial charge in [-0.3, -0.25) is 0 Å². The number of hydrogen-bond acceptors (Lipinski definition) is 2. The molecule has 0 saturated carbocycles. The summed E-state index contributed by atoms with van der Waals surface area (Å²) in [5.74, 6) is 0.705. The first-order chi connectivity index (χ1) is 4.70. The fraction of sp³-hybridized carbons (Fsp3) is 1.00. The normalized spacial score (nSPS) is 14.1. The van der Waals surface area contributed by atoms with Crippen LogP contribution in [0.1, 0.15) is 26.7 Å². The topological polar surface area (TPSA) is 35.2 Å². The second-order valence-corrected chi connectivity index (χ2v) is 3.06. The molecule has 0 heterocycles. The van der Waals surface area contributed by atoms with E-state index in [1.54, 1.807) is 7.11 Å². The van der Waals surface area contributed by atoms with Crippen molar-refractivity contribution in [3.63, 3.8) is 0 Å². The Labute approximate surface area is 63.7 Å². The lowest BCUT2D eigenvalue weighted by Gasteiger charge is -2.15. The van der Waals surface area contributed by atoms with Crippen LogP contribution >= 0.6 is 0 Å². The minimum atomic E-state index is 0.366. The molecule has 0 aromatic rings. The van der Waals surface area contributed by atoms with Gasteiger partial charge < -0.3 is 10.5 Å². The molecule has 0 aliphatic rings. The molecule has 0 amide bonds. The van der Waals surface area contributed by atoms with Gasteiger partial charge in [-0.2, -0.15) is 0 Å². The highest BCUT2D eigenvalue weighted by molar-refractivity contribution is 4.60. The Balaban J connectivity index is 3.39. The van der Waals surface area contributed by atoms with Gasteiger partial charge in [-0.15, -0.1) is 0 Å². The second-order valence-electron chi connectivity index (χ2n) is 3.06. The van der Waals surface area contributed by atoms with E-state index in [0.29, 0.717) is 12.0 Å². The molecule has 0 aromatic heterocycles. The Morgan fingerprint density at radius 3 is 2.30 bits per heavy atom. The van der Waals surface area contributed by atoms with E-state index in [2.05, 4.69) is 13.8 Å². The summed E-state index contributed by atoms with van der Waals surface area (Å²) >= 11 is 0. The largest absolute Gasteiger partial charge is 0.381 e. The molecule has 0 bridgehead atoms. The van der Waals surface area contributed by atoms with Crippen molar-refractivity contribution in [1.29, 1.82) is 0 Å². The van der Waals surface area contributed by atoms with E-state index in [-0.39, 0.29) is 0 Å². The molecule has 0 aliphatic heterocycles. The summed E-state index contributed by atoms with van der Waals surface area (Å²) in [6.45, 7) is 5.12. The summed E-state index contributed by atoms with van der Waals surface area (Å²) in [6, 6.07) is 0. The third-order valence-electron chi connectivity index (χ3n) is 1.56. The summed E-state index contributed by atoms with van der Waals surface area (Å²) in [6.07, 6.45) is 2.47. The van der Waals surface area contributed by atoms with Crippen molar-refractivity contribution in [2.24, 2.45) is 11.7 Å². The summed E-state index contributed by atoms with van der Waals surface area (Å²) in [4.78, 5) is 0. The van der Waals surface area contributed by atoms with Crippen LogP contribution in [0, 0.1) is 5.92 Å². The summed E-state index contributed by atoms with van der Waals surface area (Å²) in [5, 5.41) is 0. The van der Waals surface area contributed by atoms with E-state index >= 15 is 0 Å². The van der Waals surface area contributed by atoms with Crippen LogP contribution in [0.15, 0.2) is 0 Å². The Morgan fingerprint density at radius 1 is 1.40 bits per heavy atom. The number of ether oxygens (including phenoxy) is 1. The Morgan fingerprint density at radius 2 is 2.00 bits per heavy atom. The first kappa shape index (κ1) is 9.92. The number of hydrogen-bond donors (Lipinski definition) is 1. The van der Waals surface area contributed by atoms with Crippen LogP contribution in [-0.2, 0) is 4.74 Å². The molecule has 0 aromatic carbocycles. The minimum absolute atomic E-state index is 0.366. The smallest absolute Gasteiger partial charge is 0.0585 e. The molecule has 0 spiro atoms. The highest BCUT2D eigenvalue weighted by Gasteiger charge is 2.07. The molecule has 2 heteroatoms. The lowest BCUT2D eigenvalue weighted by atomic mass is 10.0. The molecule has 0 unspecified atom stereocenters. The van der Waals surface area contributed by atoms with Gasteiger partial charge in [-0.25, -0.2) is 0 Å². The van der Waals surface area contributed by atoms with Crippen molar-refractivity contribution >= 4 is 0 Å². The standard InChI is InChI=1S/C8H19NO/c1-7(2)6-8(10-3)4-5-9/h7-8H,4-6,9H2,1-3H3/t8-/m1/s1. The van der Waals surface area contributed by atoms with Crippen molar-refractivity contribution in [2.75, 3.05) is 13.7 Å². The van der Waals surface area contributed by atoms with Gasteiger partial charge in [-0.05, 0) is 25.3 Å². The molecular formula is C8H19NO. The predicted molar refractivity (Wildman–Crippen MR) is 43.9 cm³/mol. The fourth-order valence-electron chi connectivity index (χ4n) is 1.04. The van der Waals surface area contributed by atoms with Crippen LogP contribution < -0.4 is 5.73 Å². The molecular weight excluding hydrogens is 126 g/mol. The number of methoxy groups -OCH3 is 1. The van der Waals surface area contributed by atoms with Gasteiger partial charge >= 0.3 is 0 Å². The van der Waals surface area contributed by atoms with E-state index in [1.807, 2.05) is 0 Å². The monoisotopic (exact) mass is 145 g/mol. The highest BCUT2D eigenvalue weighted by atomic mass is 16.5. The maximum atomic E-state index is 5.40. The Bertz CT molecular complexity index is 73.7. The molecule has 0 saturated heterocycles. The third kappa shape index (κ3) is 4.77. The van der Waals surface area contributed by atoms with Crippen molar-refractivity contribution in [3.8, 4) is 0 Å². The zero-order valence-corrected chi connectivity index (χ0v) is 7.26. The highest BCUT2D eigenvalue weighted by Crippen LogP contribution is 2.09. The number of rotatable bonds is 5. The SMILES string of the molecule is CO[C@H](CCN)CC(C)C. The Kier molecular flexibility index (Phi) is 5.64. The first-order valence-electron chi connectivity index (χ1n) is 3.93. The van der Waals surface area contributed by atoms with E-state index in [1.165, 1.54) is 0 Å². The predicted octanol–water partition coefficient (Wildman–Crippen LogP) is 1.40. The quantitative estimate of drug-likeness (QED) is 0.634. The molecule has 10 heavy (non-hydrogen) atoms. The zero-order valence-electron chi connectivity index (χ0n) is 7.26. The first-order valence-corrected chi connectivity index (χ1v) is 3.93. The molecule has 1 atom stereocenters. The molecule has 0 aliphatic carbocycles. The van der Waals surface area contributed by atoms with Crippen LogP contribution in [0.3, 0.4) is 0 Å². The number of nitrogens with two attached hydrogens (primary N) is 1. The molecule has 2 nitrogen and oxygen atoms in total. The molecule has 62 valence electrons. The van der Waals surface area contributed by atoms with Crippen LogP contribution in [0.5, 0.6) is 0 Å². The Hall–Kier alpha value is -0.0800. The van der Waals surface area contributed by atoms with E-state index in [0.717, 1.165) is 19.4 Å². The summed E-state index contributed by atoms with van der Waals surface area (Å²) < 4.78 is 5.22. The van der Waals surface area contributed by atoms with Crippen molar-refractivity contribution in [2.45, 2.75) is 32.8 Å². The molecule has 0 fully saturated rings. The summed E-state index contributed by atoms with van der Waals surface area (Å²) in [5.41, 5.74) is 5.40. The van der Waals surface area contributed by atoms with Gasteiger partial charge in [0, 0.05) is 7.11 Å². The van der Waals surface area contributed by atoms with Gasteiger partial charge in [0.1, 0.15) is 0 Å². The molecule has 0 rings (SSSR count). The zero-order chi connectivity index (χ0) is 7.98. The second kappa shape index (κ2) is 5.69. The summed E-state index contributed by atoms with van der Waals surface area (Å²) in [7, 11) is 1.75. The van der Waals surface area contributed by atoms with Gasteiger partial charge in [0.2, 0.25) is 0 Å². The van der Waals surface area contributed by atoms with Gasteiger partial charge in [0.15, 0.2) is 0 Å². The van der Waals surface area contributed by atoms with Crippen molar-refractivity contribution in [3.05, 3.63) is 0 Å². The van der Waals surface area contributed by atoms with Gasteiger partial charge in [-0.1, -0.05) is 13.8 Å². The van der Waals surface area contributed by atoms with Gasteiger partial charge in [0.25, 0.3) is 0 Å². The van der Waals surface area contributed by atoms with Crippen LogP contribution in [0.4, 0.5) is 0 Å². The van der Waals surface area contributed by atoms with Crippen molar-refractivity contribution < 1.29 is 4.74 Å². The van der Waals surface area contributed by atoms with E-state index in [4.69, 9.17) is 10.5 Å². The van der Waals surface area contributed by atoms with Crippen LogP contribution in [0.25, 0.3) is 0 Å². The van der Waals surface area contributed by atoms with Crippen LogP contribution in [0.2, 0.25) is 0 Å². The van der Waals surface area contributed by atoms with Gasteiger partial charge in [0.05, 0.1) is 6.10 Å². The third-order valence-corrected chi connectivity index (χ3v) is 1.56.